The predicted octanol–water partition coefficient (Wildman–Crippen LogP) is 1.95. The lowest BCUT2D eigenvalue weighted by atomic mass is 10.0. The van der Waals surface area contributed by atoms with Gasteiger partial charge >= 0.3 is 17.6 Å². The third kappa shape index (κ3) is 3.53. The van der Waals surface area contributed by atoms with Crippen LogP contribution in [0.2, 0.25) is 0 Å². The molecule has 12 heteroatoms. The van der Waals surface area contributed by atoms with Crippen LogP contribution in [-0.4, -0.2) is 18.8 Å². The number of hydrogen-bond donors (Lipinski definition) is 2. The van der Waals surface area contributed by atoms with Crippen LogP contribution in [0.3, 0.4) is 0 Å². The molecule has 0 saturated heterocycles. The van der Waals surface area contributed by atoms with Crippen LogP contribution in [0, 0.1) is 0 Å². The van der Waals surface area contributed by atoms with Gasteiger partial charge in [0.25, 0.3) is 5.56 Å². The van der Waals surface area contributed by atoms with Crippen LogP contribution in [0.25, 0.3) is 16.8 Å². The molecule has 0 spiro atoms. The Morgan fingerprint density at radius 2 is 1.91 bits per heavy atom. The van der Waals surface area contributed by atoms with Gasteiger partial charge in [0, 0.05) is 19.3 Å². The Bertz CT molecular complexity index is 1660. The highest BCUT2D eigenvalue weighted by Crippen LogP contribution is 2.41. The Kier molecular flexibility index (Phi) is 5.11. The van der Waals surface area contributed by atoms with Crippen molar-refractivity contribution in [2.45, 2.75) is 31.3 Å². The van der Waals surface area contributed by atoms with Gasteiger partial charge in [-0.25, -0.2) is 9.59 Å². The van der Waals surface area contributed by atoms with E-state index in [-0.39, 0.29) is 40.8 Å². The topological polar surface area (TPSA) is 125 Å². The summed E-state index contributed by atoms with van der Waals surface area (Å²) in [6.07, 6.45) is -5.17. The molecule has 0 radical (unpaired) electrons. The lowest BCUT2D eigenvalue weighted by Crippen LogP contribution is -2.44. The number of alkyl halides is 3. The first kappa shape index (κ1) is 22.9. The number of aromatic nitrogens is 3. The molecule has 2 heterocycles. The van der Waals surface area contributed by atoms with Crippen LogP contribution in [-0.2, 0) is 19.6 Å². The molecule has 0 aliphatic heterocycles. The van der Waals surface area contributed by atoms with E-state index in [0.29, 0.717) is 5.52 Å². The zero-order valence-corrected chi connectivity index (χ0v) is 18.2. The van der Waals surface area contributed by atoms with Crippen LogP contribution in [0.4, 0.5) is 13.2 Å². The molecule has 2 aromatic carbocycles. The summed E-state index contributed by atoms with van der Waals surface area (Å²) >= 11 is 0. The fourth-order valence-electron chi connectivity index (χ4n) is 4.69. The molecule has 0 fully saturated rings. The number of benzene rings is 2. The van der Waals surface area contributed by atoms with Crippen molar-refractivity contribution in [2.24, 2.45) is 12.8 Å². The molecule has 1 aliphatic carbocycles. The maximum Gasteiger partial charge on any atom is 0.419 e. The van der Waals surface area contributed by atoms with Gasteiger partial charge in [-0.05, 0) is 42.2 Å². The highest BCUT2D eigenvalue weighted by Gasteiger charge is 2.38. The second kappa shape index (κ2) is 7.82. The number of nitrogens with zero attached hydrogens (tertiary/aromatic N) is 3. The molecular formula is C23H19F3N4O5. The van der Waals surface area contributed by atoms with E-state index in [4.69, 9.17) is 10.2 Å². The minimum atomic E-state index is -4.59. The summed E-state index contributed by atoms with van der Waals surface area (Å²) in [5, 5.41) is 10.0. The number of halogens is 3. The van der Waals surface area contributed by atoms with Crippen LogP contribution in [0.1, 0.15) is 40.9 Å². The summed E-state index contributed by atoms with van der Waals surface area (Å²) in [6, 6.07) is 7.11. The second-order valence-corrected chi connectivity index (χ2v) is 8.36. The summed E-state index contributed by atoms with van der Waals surface area (Å²) in [5.41, 5.74) is 3.78. The van der Waals surface area contributed by atoms with E-state index in [1.54, 1.807) is 0 Å². The van der Waals surface area contributed by atoms with Gasteiger partial charge in [0.05, 0.1) is 28.4 Å². The summed E-state index contributed by atoms with van der Waals surface area (Å²) in [6.45, 7) is 0. The van der Waals surface area contributed by atoms with E-state index in [2.05, 4.69) is 0 Å². The van der Waals surface area contributed by atoms with E-state index in [1.807, 2.05) is 0 Å². The molecule has 182 valence electrons. The quantitative estimate of drug-likeness (QED) is 0.425. The van der Waals surface area contributed by atoms with Crippen molar-refractivity contribution >= 4 is 11.1 Å². The third-order valence-electron chi connectivity index (χ3n) is 6.37. The average Bonchev–Trinajstić information content (AvgIpc) is 3.33. The number of aliphatic hydroxyl groups is 1. The summed E-state index contributed by atoms with van der Waals surface area (Å²) < 4.78 is 48.9. The molecule has 2 unspecified atom stereocenters. The smallest absolute Gasteiger partial charge is 0.408 e. The number of aryl methyl sites for hydroxylation is 1. The Morgan fingerprint density at radius 3 is 2.60 bits per heavy atom. The minimum absolute atomic E-state index is 0.0120. The summed E-state index contributed by atoms with van der Waals surface area (Å²) in [5.74, 6) is -0.615. The maximum atomic E-state index is 13.5. The van der Waals surface area contributed by atoms with Gasteiger partial charge in [-0.2, -0.15) is 13.2 Å². The highest BCUT2D eigenvalue weighted by atomic mass is 19.4. The van der Waals surface area contributed by atoms with Crippen LogP contribution in [0.15, 0.2) is 61.4 Å². The van der Waals surface area contributed by atoms with Crippen LogP contribution >= 0.6 is 0 Å². The van der Waals surface area contributed by atoms with Crippen molar-refractivity contribution in [1.29, 1.82) is 0 Å². The first-order chi connectivity index (χ1) is 16.5. The van der Waals surface area contributed by atoms with Gasteiger partial charge in [0.2, 0.25) is 0 Å². The van der Waals surface area contributed by atoms with Gasteiger partial charge in [-0.15, -0.1) is 0 Å². The monoisotopic (exact) mass is 488 g/mol. The number of hydrogen-bond acceptors (Lipinski definition) is 6. The first-order valence-corrected chi connectivity index (χ1v) is 10.6. The molecular weight excluding hydrogens is 469 g/mol. The molecule has 0 amide bonds. The van der Waals surface area contributed by atoms with Gasteiger partial charge < -0.3 is 15.3 Å². The number of aliphatic hydroxyl groups excluding tert-OH is 1. The molecule has 2 aromatic heterocycles. The largest absolute Gasteiger partial charge is 0.419 e. The zero-order valence-electron chi connectivity index (χ0n) is 18.2. The molecule has 4 aromatic rings. The van der Waals surface area contributed by atoms with Crippen molar-refractivity contribution in [2.75, 3.05) is 0 Å². The van der Waals surface area contributed by atoms with Crippen LogP contribution in [0.5, 0.6) is 0 Å². The van der Waals surface area contributed by atoms with E-state index >= 15 is 0 Å². The van der Waals surface area contributed by atoms with Crippen LogP contribution < -0.4 is 22.7 Å². The van der Waals surface area contributed by atoms with E-state index in [1.165, 1.54) is 41.9 Å². The average molecular weight is 488 g/mol. The van der Waals surface area contributed by atoms with E-state index < -0.39 is 41.0 Å². The SMILES string of the molecule is Cn1c(=O)oc2cc(-n3cc(C(N)O)c(=O)n(C4CCc5c4cccc5C(F)(F)F)c3=O)ccc21. The van der Waals surface area contributed by atoms with Crippen molar-refractivity contribution in [3.8, 4) is 5.69 Å². The third-order valence-corrected chi connectivity index (χ3v) is 6.37. The maximum absolute atomic E-state index is 13.5. The highest BCUT2D eigenvalue weighted by molar-refractivity contribution is 5.75. The molecule has 2 atom stereocenters. The number of oxazole rings is 1. The van der Waals surface area contributed by atoms with Crippen molar-refractivity contribution in [3.63, 3.8) is 0 Å². The van der Waals surface area contributed by atoms with Gasteiger partial charge in [-0.3, -0.25) is 18.5 Å². The molecule has 35 heavy (non-hydrogen) atoms. The fraction of sp³-hybridized carbons (Fsp3) is 0.261. The fourth-order valence-corrected chi connectivity index (χ4v) is 4.69. The van der Waals surface area contributed by atoms with Gasteiger partial charge in [0.15, 0.2) is 5.58 Å². The summed E-state index contributed by atoms with van der Waals surface area (Å²) in [7, 11) is 1.51. The normalized spacial score (nSPS) is 16.6. The number of nitrogens with two attached hydrogens (primary N) is 1. The zero-order chi connectivity index (χ0) is 25.2. The lowest BCUT2D eigenvalue weighted by molar-refractivity contribution is -0.138. The number of rotatable bonds is 3. The molecule has 9 nitrogen and oxygen atoms in total. The molecule has 0 bridgehead atoms. The van der Waals surface area contributed by atoms with Gasteiger partial charge in [0.1, 0.15) is 6.23 Å². The number of fused-ring (bicyclic) bond motifs is 2. The molecule has 5 rings (SSSR count). The van der Waals surface area contributed by atoms with E-state index in [0.717, 1.165) is 21.4 Å². The standard InChI is InChI=1S/C23H19F3N4O5/c1-28-17-7-5-11(9-18(17)35-22(28)34)29-10-14(19(27)31)20(32)30(21(29)33)16-8-6-12-13(16)3-2-4-15(12)23(24,25)26/h2-5,7,9-10,16,19,31H,6,8,27H2,1H3. The van der Waals surface area contributed by atoms with E-state index in [9.17, 15) is 32.7 Å². The lowest BCUT2D eigenvalue weighted by Gasteiger charge is -2.20. The second-order valence-electron chi connectivity index (χ2n) is 8.36. The van der Waals surface area contributed by atoms with Crippen molar-refractivity contribution in [1.82, 2.24) is 13.7 Å². The Hall–Kier alpha value is -3.90. The molecule has 1 aliphatic rings. The van der Waals surface area contributed by atoms with Crippen molar-refractivity contribution in [3.05, 3.63) is 96.2 Å². The molecule has 3 N–H and O–H groups in total. The Morgan fingerprint density at radius 1 is 1.17 bits per heavy atom. The Balaban J connectivity index is 1.75. The summed E-state index contributed by atoms with van der Waals surface area (Å²) in [4.78, 5) is 38.6. The van der Waals surface area contributed by atoms with Crippen molar-refractivity contribution < 1.29 is 22.7 Å². The van der Waals surface area contributed by atoms with Gasteiger partial charge in [-0.1, -0.05) is 12.1 Å². The predicted molar refractivity (Wildman–Crippen MR) is 118 cm³/mol. The molecule has 0 saturated carbocycles. The minimum Gasteiger partial charge on any atom is -0.408 e. The first-order valence-electron chi connectivity index (χ1n) is 10.6. The Labute approximate surface area is 194 Å².